The van der Waals surface area contributed by atoms with Gasteiger partial charge in [0.1, 0.15) is 11.5 Å². The number of nitrogens with zero attached hydrogens (tertiary/aromatic N) is 1. The van der Waals surface area contributed by atoms with Crippen molar-refractivity contribution in [1.29, 1.82) is 0 Å². The Bertz CT molecular complexity index is 925. The van der Waals surface area contributed by atoms with Crippen LogP contribution in [-0.4, -0.2) is 42.2 Å². The minimum absolute atomic E-state index is 0.126. The SMILES string of the molecule is C[C@@H]1C=C(CO)C=C(CN(CC(O)C(F)(F)F)c2cccc(Oc3ccccc3)c2)C1. The summed E-state index contributed by atoms with van der Waals surface area (Å²) in [5, 5.41) is 19.2. The van der Waals surface area contributed by atoms with Gasteiger partial charge in [-0.3, -0.25) is 0 Å². The van der Waals surface area contributed by atoms with E-state index in [1.807, 2.05) is 37.3 Å². The molecule has 2 aromatic rings. The van der Waals surface area contributed by atoms with Crippen LogP contribution in [0.15, 0.2) is 77.9 Å². The van der Waals surface area contributed by atoms with Gasteiger partial charge in [-0.25, -0.2) is 0 Å². The molecule has 166 valence electrons. The number of para-hydroxylation sites is 1. The van der Waals surface area contributed by atoms with Crippen molar-refractivity contribution < 1.29 is 28.1 Å². The number of anilines is 1. The first-order valence-corrected chi connectivity index (χ1v) is 10.1. The highest BCUT2D eigenvalue weighted by molar-refractivity contribution is 5.53. The fourth-order valence-electron chi connectivity index (χ4n) is 3.60. The van der Waals surface area contributed by atoms with E-state index in [9.17, 15) is 23.4 Å². The van der Waals surface area contributed by atoms with Gasteiger partial charge in [0.2, 0.25) is 0 Å². The number of ether oxygens (including phenoxy) is 1. The van der Waals surface area contributed by atoms with Crippen LogP contribution in [0.2, 0.25) is 0 Å². The van der Waals surface area contributed by atoms with Crippen LogP contribution in [0.1, 0.15) is 13.3 Å². The highest BCUT2D eigenvalue weighted by atomic mass is 19.4. The number of allylic oxidation sites excluding steroid dienone is 1. The molecule has 0 saturated heterocycles. The Morgan fingerprint density at radius 1 is 1.10 bits per heavy atom. The third-order valence-electron chi connectivity index (χ3n) is 4.98. The zero-order chi connectivity index (χ0) is 22.4. The quantitative estimate of drug-likeness (QED) is 0.609. The van der Waals surface area contributed by atoms with Crippen LogP contribution in [0.5, 0.6) is 11.5 Å². The van der Waals surface area contributed by atoms with Gasteiger partial charge in [-0.05, 0) is 42.2 Å². The van der Waals surface area contributed by atoms with Crippen LogP contribution >= 0.6 is 0 Å². The van der Waals surface area contributed by atoms with E-state index in [0.29, 0.717) is 23.6 Å². The summed E-state index contributed by atoms with van der Waals surface area (Å²) < 4.78 is 45.1. The third kappa shape index (κ3) is 6.60. The van der Waals surface area contributed by atoms with Gasteiger partial charge in [-0.1, -0.05) is 48.9 Å². The van der Waals surface area contributed by atoms with E-state index in [4.69, 9.17) is 4.74 Å². The van der Waals surface area contributed by atoms with Crippen LogP contribution < -0.4 is 9.64 Å². The Labute approximate surface area is 179 Å². The van der Waals surface area contributed by atoms with E-state index in [1.54, 1.807) is 36.4 Å². The van der Waals surface area contributed by atoms with Crippen LogP contribution in [-0.2, 0) is 0 Å². The lowest BCUT2D eigenvalue weighted by atomic mass is 9.91. The summed E-state index contributed by atoms with van der Waals surface area (Å²) in [4.78, 5) is 1.49. The fraction of sp³-hybridized carbons (Fsp3) is 0.333. The van der Waals surface area contributed by atoms with Gasteiger partial charge in [-0.2, -0.15) is 13.2 Å². The van der Waals surface area contributed by atoms with Crippen molar-refractivity contribution in [3.05, 3.63) is 77.9 Å². The van der Waals surface area contributed by atoms with Crippen molar-refractivity contribution in [3.8, 4) is 11.5 Å². The van der Waals surface area contributed by atoms with Crippen molar-refractivity contribution >= 4 is 5.69 Å². The van der Waals surface area contributed by atoms with Crippen LogP contribution in [0.3, 0.4) is 0 Å². The van der Waals surface area contributed by atoms with Crippen molar-refractivity contribution in [2.24, 2.45) is 5.92 Å². The number of aliphatic hydroxyl groups is 2. The molecule has 4 nitrogen and oxygen atoms in total. The molecule has 0 fully saturated rings. The maximum atomic E-state index is 13.1. The Morgan fingerprint density at radius 3 is 2.48 bits per heavy atom. The maximum absolute atomic E-state index is 13.1. The molecule has 2 atom stereocenters. The summed E-state index contributed by atoms with van der Waals surface area (Å²) in [6.07, 6.45) is -2.77. The molecule has 0 saturated carbocycles. The van der Waals surface area contributed by atoms with Gasteiger partial charge >= 0.3 is 6.18 Å². The lowest BCUT2D eigenvalue weighted by Gasteiger charge is -2.31. The molecule has 7 heteroatoms. The minimum atomic E-state index is -4.72. The molecule has 0 aliphatic heterocycles. The summed E-state index contributed by atoms with van der Waals surface area (Å²) in [6.45, 7) is 1.46. The van der Waals surface area contributed by atoms with E-state index < -0.39 is 18.8 Å². The molecule has 0 amide bonds. The van der Waals surface area contributed by atoms with E-state index in [0.717, 1.165) is 11.1 Å². The van der Waals surface area contributed by atoms with Gasteiger partial charge in [0.15, 0.2) is 6.10 Å². The highest BCUT2D eigenvalue weighted by Gasteiger charge is 2.39. The molecule has 0 spiro atoms. The molecule has 0 radical (unpaired) electrons. The molecular formula is C24H26F3NO3. The molecule has 0 bridgehead atoms. The molecule has 31 heavy (non-hydrogen) atoms. The Hall–Kier alpha value is -2.77. The van der Waals surface area contributed by atoms with Crippen molar-refractivity contribution in [1.82, 2.24) is 0 Å². The first-order chi connectivity index (χ1) is 14.7. The van der Waals surface area contributed by atoms with Crippen molar-refractivity contribution in [2.75, 3.05) is 24.6 Å². The molecular weight excluding hydrogens is 407 g/mol. The van der Waals surface area contributed by atoms with Crippen molar-refractivity contribution in [3.63, 3.8) is 0 Å². The second-order valence-electron chi connectivity index (χ2n) is 7.73. The summed E-state index contributed by atoms with van der Waals surface area (Å²) in [6, 6.07) is 15.9. The Kier molecular flexibility index (Phi) is 7.41. The predicted octanol–water partition coefficient (Wildman–Crippen LogP) is 5.09. The van der Waals surface area contributed by atoms with Crippen LogP contribution in [0.4, 0.5) is 18.9 Å². The highest BCUT2D eigenvalue weighted by Crippen LogP contribution is 2.30. The molecule has 0 aromatic heterocycles. The van der Waals surface area contributed by atoms with Crippen molar-refractivity contribution in [2.45, 2.75) is 25.6 Å². The first kappa shape index (κ1) is 22.9. The second-order valence-corrected chi connectivity index (χ2v) is 7.73. The smallest absolute Gasteiger partial charge is 0.416 e. The Balaban J connectivity index is 1.86. The van der Waals surface area contributed by atoms with E-state index >= 15 is 0 Å². The van der Waals surface area contributed by atoms with Gasteiger partial charge < -0.3 is 19.8 Å². The number of hydrogen-bond acceptors (Lipinski definition) is 4. The summed E-state index contributed by atoms with van der Waals surface area (Å²) in [5.41, 5.74) is 2.14. The van der Waals surface area contributed by atoms with Gasteiger partial charge in [0.05, 0.1) is 13.2 Å². The molecule has 2 N–H and O–H groups in total. The zero-order valence-corrected chi connectivity index (χ0v) is 17.2. The molecule has 1 aliphatic rings. The minimum Gasteiger partial charge on any atom is -0.457 e. The van der Waals surface area contributed by atoms with E-state index in [-0.39, 0.29) is 19.1 Å². The van der Waals surface area contributed by atoms with E-state index in [1.165, 1.54) is 4.90 Å². The largest absolute Gasteiger partial charge is 0.457 e. The summed E-state index contributed by atoms with van der Waals surface area (Å²) in [7, 11) is 0. The number of alkyl halides is 3. The number of aliphatic hydroxyl groups excluding tert-OH is 2. The van der Waals surface area contributed by atoms with Crippen LogP contribution in [0.25, 0.3) is 0 Å². The molecule has 2 aromatic carbocycles. The predicted molar refractivity (Wildman–Crippen MR) is 114 cm³/mol. The molecule has 0 heterocycles. The lowest BCUT2D eigenvalue weighted by molar-refractivity contribution is -0.200. The molecule has 1 aliphatic carbocycles. The van der Waals surface area contributed by atoms with Gasteiger partial charge in [0.25, 0.3) is 0 Å². The van der Waals surface area contributed by atoms with Gasteiger partial charge in [-0.15, -0.1) is 0 Å². The standard InChI is InChI=1S/C24H26F3NO3/c1-17-10-18(12-19(11-17)16-29)14-28(15-23(30)24(25,26)27)20-6-5-9-22(13-20)31-21-7-3-2-4-8-21/h2-9,11-13,17,23,29-30H,10,14-16H2,1H3/t17-,23?/m0/s1. The molecule has 1 unspecified atom stereocenters. The number of rotatable bonds is 8. The lowest BCUT2D eigenvalue weighted by Crippen LogP contribution is -2.42. The summed E-state index contributed by atoms with van der Waals surface area (Å²) >= 11 is 0. The molecule has 3 rings (SSSR count). The topological polar surface area (TPSA) is 52.9 Å². The third-order valence-corrected chi connectivity index (χ3v) is 4.98. The van der Waals surface area contributed by atoms with Crippen LogP contribution in [0, 0.1) is 5.92 Å². The zero-order valence-electron chi connectivity index (χ0n) is 17.2. The number of halogens is 3. The normalized spacial score (nSPS) is 17.5. The average Bonchev–Trinajstić information content (AvgIpc) is 2.73. The fourth-order valence-corrected chi connectivity index (χ4v) is 3.60. The number of hydrogen-bond donors (Lipinski definition) is 2. The maximum Gasteiger partial charge on any atom is 0.416 e. The Morgan fingerprint density at radius 2 is 1.81 bits per heavy atom. The first-order valence-electron chi connectivity index (χ1n) is 10.1. The van der Waals surface area contributed by atoms with E-state index in [2.05, 4.69) is 0 Å². The summed E-state index contributed by atoms with van der Waals surface area (Å²) in [5.74, 6) is 1.27. The monoisotopic (exact) mass is 433 g/mol. The van der Waals surface area contributed by atoms with Gasteiger partial charge in [0, 0.05) is 18.3 Å². The second kappa shape index (κ2) is 10.0. The average molecular weight is 433 g/mol. The number of benzene rings is 2.